The molecule has 1 atom stereocenters. The van der Waals surface area contributed by atoms with Gasteiger partial charge in [0, 0.05) is 63.2 Å². The zero-order valence-corrected chi connectivity index (χ0v) is 34.5. The van der Waals surface area contributed by atoms with Crippen molar-refractivity contribution in [2.75, 3.05) is 18.1 Å². The molecule has 4 aromatic heterocycles. The number of hydrogen-bond acceptors (Lipinski definition) is 7. The minimum absolute atomic E-state index is 0.0126. The van der Waals surface area contributed by atoms with Crippen LogP contribution >= 0.6 is 23.2 Å². The highest BCUT2D eigenvalue weighted by Crippen LogP contribution is 2.46. The maximum Gasteiger partial charge on any atom is 0.352 e. The standard InChI is InChI=1S/C45H42Cl2N6O5/c1-23-11-12-48-30(14-23)21-51-37(45(56)57)18-29-17-31(54)19-36(41(29)51)52-20-26(4)53-42-34(9-10-35(46)39(42)38-27(5)49-22-50-28(38)6)33(43(53)44(52)55)8-7-13-58-32-15-24(2)40(47)25(3)16-32/h9-12,14-19,22,26,54H,7-8,13,20-21H2,1-6H3,(H,56,57)/t26-/m1/s1. The normalized spacial score (nSPS) is 14.1. The van der Waals surface area contributed by atoms with Crippen molar-refractivity contribution in [2.45, 2.75) is 67.0 Å². The maximum atomic E-state index is 15.4. The Morgan fingerprint density at radius 2 is 1.64 bits per heavy atom. The lowest BCUT2D eigenvalue weighted by atomic mass is 9.97. The number of nitrogens with zero attached hydrogens (tertiary/aromatic N) is 6. The SMILES string of the molecule is Cc1ccnc(Cn2c(C(=O)O)cc3cc(O)cc(N4C[C@@H](C)n5c(c(CCCOc6cc(C)c(Cl)c(C)c6)c6ccc(Cl)c(-c7c(C)ncnc7C)c65)C4=O)c32)c1. The van der Waals surface area contributed by atoms with E-state index in [2.05, 4.69) is 19.5 Å². The molecule has 3 aromatic carbocycles. The van der Waals surface area contributed by atoms with Crippen LogP contribution in [0.4, 0.5) is 5.69 Å². The van der Waals surface area contributed by atoms with Crippen molar-refractivity contribution < 1.29 is 24.5 Å². The second kappa shape index (κ2) is 15.1. The van der Waals surface area contributed by atoms with Gasteiger partial charge < -0.3 is 29.0 Å². The number of phenols is 1. The summed E-state index contributed by atoms with van der Waals surface area (Å²) in [6.07, 6.45) is 4.30. The van der Waals surface area contributed by atoms with Crippen molar-refractivity contribution in [1.82, 2.24) is 24.1 Å². The number of aromatic nitrogens is 5. The number of amides is 1. The molecule has 58 heavy (non-hydrogen) atoms. The Kier molecular flexibility index (Phi) is 10.1. The first-order valence-corrected chi connectivity index (χ1v) is 19.8. The van der Waals surface area contributed by atoms with E-state index in [1.807, 2.05) is 77.9 Å². The van der Waals surface area contributed by atoms with E-state index in [-0.39, 0.29) is 36.5 Å². The minimum Gasteiger partial charge on any atom is -0.508 e. The smallest absolute Gasteiger partial charge is 0.352 e. The summed E-state index contributed by atoms with van der Waals surface area (Å²) in [7, 11) is 0. The average molecular weight is 818 g/mol. The van der Waals surface area contributed by atoms with Crippen LogP contribution < -0.4 is 9.64 Å². The molecule has 0 saturated carbocycles. The van der Waals surface area contributed by atoms with Gasteiger partial charge in [-0.3, -0.25) is 9.78 Å². The summed E-state index contributed by atoms with van der Waals surface area (Å²) < 4.78 is 9.97. The van der Waals surface area contributed by atoms with Gasteiger partial charge in [-0.15, -0.1) is 0 Å². The fourth-order valence-electron chi connectivity index (χ4n) is 8.53. The number of pyridine rings is 1. The number of fused-ring (bicyclic) bond motifs is 4. The number of aromatic carboxylic acids is 1. The molecular formula is C45H42Cl2N6O5. The number of phenolic OH excluding ortho intramolecular Hbond substituents is 1. The van der Waals surface area contributed by atoms with Gasteiger partial charge in [-0.05, 0) is 119 Å². The number of benzene rings is 3. The molecule has 7 aromatic rings. The Hall–Kier alpha value is -5.91. The Bertz CT molecular complexity index is 2780. The van der Waals surface area contributed by atoms with E-state index < -0.39 is 5.97 Å². The van der Waals surface area contributed by atoms with Crippen LogP contribution in [0.2, 0.25) is 10.0 Å². The number of aryl methyl sites for hydroxylation is 6. The second-order valence-corrected chi connectivity index (χ2v) is 16.0. The number of carbonyl (C=O) groups excluding carboxylic acids is 1. The van der Waals surface area contributed by atoms with E-state index in [1.165, 1.54) is 24.5 Å². The number of ether oxygens (including phenoxy) is 1. The summed E-state index contributed by atoms with van der Waals surface area (Å²) in [4.78, 5) is 43.3. The van der Waals surface area contributed by atoms with E-state index in [1.54, 1.807) is 15.7 Å². The van der Waals surface area contributed by atoms with Crippen molar-refractivity contribution in [3.63, 3.8) is 0 Å². The van der Waals surface area contributed by atoms with E-state index >= 15 is 4.79 Å². The van der Waals surface area contributed by atoms with Gasteiger partial charge in [0.1, 0.15) is 29.2 Å². The van der Waals surface area contributed by atoms with E-state index in [4.69, 9.17) is 27.9 Å². The highest BCUT2D eigenvalue weighted by atomic mass is 35.5. The van der Waals surface area contributed by atoms with Gasteiger partial charge in [0.05, 0.1) is 40.6 Å². The lowest BCUT2D eigenvalue weighted by Crippen LogP contribution is -2.43. The first-order valence-electron chi connectivity index (χ1n) is 19.1. The quantitative estimate of drug-likeness (QED) is 0.130. The number of rotatable bonds is 10. The molecule has 0 fully saturated rings. The number of anilines is 1. The van der Waals surface area contributed by atoms with E-state index in [0.29, 0.717) is 57.5 Å². The summed E-state index contributed by atoms with van der Waals surface area (Å²) >= 11 is 13.5. The molecule has 0 spiro atoms. The fraction of sp³-hybridized carbons (Fsp3) is 0.267. The summed E-state index contributed by atoms with van der Waals surface area (Å²) in [5.74, 6) is -0.799. The Balaban J connectivity index is 1.30. The van der Waals surface area contributed by atoms with Crippen molar-refractivity contribution in [3.05, 3.63) is 128 Å². The third-order valence-electron chi connectivity index (χ3n) is 11.0. The lowest BCUT2D eigenvalue weighted by Gasteiger charge is -2.35. The number of carbonyl (C=O) groups is 2. The van der Waals surface area contributed by atoms with Crippen molar-refractivity contribution >= 4 is 62.6 Å². The lowest BCUT2D eigenvalue weighted by molar-refractivity contribution is 0.0686. The zero-order valence-electron chi connectivity index (χ0n) is 33.0. The molecule has 0 saturated heterocycles. The van der Waals surface area contributed by atoms with Gasteiger partial charge in [-0.25, -0.2) is 14.8 Å². The van der Waals surface area contributed by atoms with Crippen LogP contribution in [0, 0.1) is 34.6 Å². The Labute approximate surface area is 345 Å². The number of halogens is 2. The summed E-state index contributed by atoms with van der Waals surface area (Å²) in [6, 6.07) is 15.8. The van der Waals surface area contributed by atoms with Gasteiger partial charge >= 0.3 is 5.97 Å². The first kappa shape index (κ1) is 38.9. The molecule has 0 bridgehead atoms. The second-order valence-electron chi connectivity index (χ2n) is 15.2. The van der Waals surface area contributed by atoms with Gasteiger partial charge in [0.25, 0.3) is 5.91 Å². The number of carboxylic acid groups (broad SMARTS) is 1. The topological polar surface area (TPSA) is 136 Å². The average Bonchev–Trinajstić information content (AvgIpc) is 3.70. The molecule has 5 heterocycles. The van der Waals surface area contributed by atoms with Gasteiger partial charge in [-0.2, -0.15) is 0 Å². The number of aromatic hydroxyl groups is 1. The van der Waals surface area contributed by atoms with Crippen LogP contribution in [0.15, 0.2) is 67.1 Å². The predicted molar refractivity (Wildman–Crippen MR) is 227 cm³/mol. The highest BCUT2D eigenvalue weighted by molar-refractivity contribution is 6.35. The zero-order chi connectivity index (χ0) is 41.2. The van der Waals surface area contributed by atoms with Crippen molar-refractivity contribution in [1.29, 1.82) is 0 Å². The van der Waals surface area contributed by atoms with Crippen LogP contribution in [-0.2, 0) is 13.0 Å². The van der Waals surface area contributed by atoms with Crippen molar-refractivity contribution in [2.24, 2.45) is 0 Å². The van der Waals surface area contributed by atoms with E-state index in [9.17, 15) is 15.0 Å². The number of carboxylic acids is 1. The summed E-state index contributed by atoms with van der Waals surface area (Å²) in [5.41, 5.74) is 9.62. The molecule has 1 amide bonds. The van der Waals surface area contributed by atoms with Gasteiger partial charge in [0.2, 0.25) is 0 Å². The molecule has 11 nitrogen and oxygen atoms in total. The Morgan fingerprint density at radius 3 is 2.33 bits per heavy atom. The highest BCUT2D eigenvalue weighted by Gasteiger charge is 2.38. The van der Waals surface area contributed by atoms with Crippen LogP contribution in [0.25, 0.3) is 32.9 Å². The molecule has 0 aliphatic carbocycles. The molecule has 13 heteroatoms. The predicted octanol–water partition coefficient (Wildman–Crippen LogP) is 9.98. The maximum absolute atomic E-state index is 15.4. The third-order valence-corrected chi connectivity index (χ3v) is 12.0. The molecule has 0 unspecified atom stereocenters. The molecule has 8 rings (SSSR count). The van der Waals surface area contributed by atoms with Crippen LogP contribution in [0.5, 0.6) is 11.5 Å². The van der Waals surface area contributed by atoms with Gasteiger partial charge in [-0.1, -0.05) is 29.3 Å². The summed E-state index contributed by atoms with van der Waals surface area (Å²) in [6.45, 7) is 12.5. The number of hydrogen-bond donors (Lipinski definition) is 2. The van der Waals surface area contributed by atoms with E-state index in [0.717, 1.165) is 61.4 Å². The minimum atomic E-state index is -1.14. The monoisotopic (exact) mass is 816 g/mol. The first-order chi connectivity index (χ1) is 27.7. The largest absolute Gasteiger partial charge is 0.508 e. The molecule has 2 N–H and O–H groups in total. The Morgan fingerprint density at radius 1 is 0.914 bits per heavy atom. The molecular weight excluding hydrogens is 775 g/mol. The van der Waals surface area contributed by atoms with Crippen LogP contribution in [0.1, 0.15) is 79.7 Å². The molecule has 0 radical (unpaired) electrons. The third kappa shape index (κ3) is 6.71. The van der Waals surface area contributed by atoms with Crippen LogP contribution in [0.3, 0.4) is 0 Å². The molecule has 1 aliphatic rings. The van der Waals surface area contributed by atoms with Gasteiger partial charge in [0.15, 0.2) is 0 Å². The molecule has 1 aliphatic heterocycles. The van der Waals surface area contributed by atoms with Crippen molar-refractivity contribution in [3.8, 4) is 22.6 Å². The summed E-state index contributed by atoms with van der Waals surface area (Å²) in [5, 5.41) is 24.1. The molecule has 296 valence electrons. The fourth-order valence-corrected chi connectivity index (χ4v) is 8.88. The van der Waals surface area contributed by atoms with Crippen LogP contribution in [-0.4, -0.2) is 59.3 Å².